The van der Waals surface area contributed by atoms with Crippen molar-refractivity contribution in [2.24, 2.45) is 0 Å². The van der Waals surface area contributed by atoms with E-state index in [1.54, 1.807) is 0 Å². The van der Waals surface area contributed by atoms with E-state index >= 15 is 0 Å². The fourth-order valence-electron chi connectivity index (χ4n) is 2.69. The van der Waals surface area contributed by atoms with Crippen molar-refractivity contribution in [2.45, 2.75) is 30.4 Å². The van der Waals surface area contributed by atoms with E-state index in [2.05, 4.69) is 9.71 Å². The van der Waals surface area contributed by atoms with Crippen LogP contribution in [0.15, 0.2) is 58.0 Å². The smallest absolute Gasteiger partial charge is 0.340 e. The second-order valence-corrected chi connectivity index (χ2v) is 9.22. The van der Waals surface area contributed by atoms with Crippen molar-refractivity contribution in [3.05, 3.63) is 70.2 Å². The first-order valence-corrected chi connectivity index (χ1v) is 11.3. The van der Waals surface area contributed by atoms with Gasteiger partial charge in [0.15, 0.2) is 12.4 Å². The molecule has 10 heteroatoms. The molecule has 1 aliphatic carbocycles. The first-order valence-electron chi connectivity index (χ1n) is 9.02. The second kappa shape index (κ2) is 8.39. The maximum Gasteiger partial charge on any atom is 0.340 e. The molecule has 3 aromatic rings. The van der Waals surface area contributed by atoms with Crippen LogP contribution < -0.4 is 4.72 Å². The number of esters is 1. The van der Waals surface area contributed by atoms with Gasteiger partial charge in [-0.2, -0.15) is 0 Å². The van der Waals surface area contributed by atoms with Gasteiger partial charge in [0.1, 0.15) is 4.90 Å². The highest BCUT2D eigenvalue weighted by Gasteiger charge is 2.30. The van der Waals surface area contributed by atoms with Crippen LogP contribution in [0.2, 0.25) is 10.0 Å². The van der Waals surface area contributed by atoms with Gasteiger partial charge in [0, 0.05) is 11.6 Å². The van der Waals surface area contributed by atoms with Crippen LogP contribution in [0.3, 0.4) is 0 Å². The maximum absolute atomic E-state index is 12.5. The Bertz CT molecular complexity index is 1190. The molecule has 0 saturated heterocycles. The summed E-state index contributed by atoms with van der Waals surface area (Å²) in [6.07, 6.45) is 3.06. The van der Waals surface area contributed by atoms with Gasteiger partial charge in [-0.3, -0.25) is 0 Å². The largest absolute Gasteiger partial charge is 0.452 e. The van der Waals surface area contributed by atoms with Crippen molar-refractivity contribution in [1.82, 2.24) is 9.71 Å². The Balaban J connectivity index is 1.49. The number of oxazole rings is 1. The lowest BCUT2D eigenvalue weighted by atomic mass is 10.2. The summed E-state index contributed by atoms with van der Waals surface area (Å²) < 4.78 is 38.3. The Kier molecular flexibility index (Phi) is 5.84. The number of sulfonamides is 1. The number of rotatable bonds is 7. The van der Waals surface area contributed by atoms with E-state index in [1.165, 1.54) is 12.3 Å². The molecule has 1 heterocycles. The van der Waals surface area contributed by atoms with Crippen molar-refractivity contribution < 1.29 is 22.4 Å². The number of nitrogens with zero attached hydrogens (tertiary/aromatic N) is 1. The highest BCUT2D eigenvalue weighted by molar-refractivity contribution is 7.89. The van der Waals surface area contributed by atoms with Crippen LogP contribution in [0.1, 0.15) is 29.1 Å². The van der Waals surface area contributed by atoms with Gasteiger partial charge in [-0.1, -0.05) is 53.5 Å². The molecular formula is C20H16Cl2N2O5S. The molecule has 0 unspecified atom stereocenters. The van der Waals surface area contributed by atoms with E-state index < -0.39 is 16.0 Å². The monoisotopic (exact) mass is 466 g/mol. The van der Waals surface area contributed by atoms with Gasteiger partial charge in [0.25, 0.3) is 0 Å². The minimum Gasteiger partial charge on any atom is -0.452 e. The average molecular weight is 467 g/mol. The number of aromatic nitrogens is 1. The molecule has 1 aliphatic rings. The fraction of sp³-hybridized carbons (Fsp3) is 0.200. The molecule has 156 valence electrons. The Labute approximate surface area is 183 Å². The highest BCUT2D eigenvalue weighted by Crippen LogP contribution is 2.31. The molecule has 0 bridgehead atoms. The molecule has 7 nitrogen and oxygen atoms in total. The van der Waals surface area contributed by atoms with Crippen molar-refractivity contribution in [2.75, 3.05) is 0 Å². The lowest BCUT2D eigenvalue weighted by Crippen LogP contribution is -2.26. The molecule has 0 aliphatic heterocycles. The maximum atomic E-state index is 12.5. The van der Waals surface area contributed by atoms with Gasteiger partial charge < -0.3 is 9.15 Å². The molecular weight excluding hydrogens is 451 g/mol. The van der Waals surface area contributed by atoms with Crippen molar-refractivity contribution in [1.29, 1.82) is 0 Å². The zero-order valence-electron chi connectivity index (χ0n) is 15.5. The number of ether oxygens (including phenoxy) is 1. The van der Waals surface area contributed by atoms with Crippen LogP contribution in [-0.4, -0.2) is 25.4 Å². The molecule has 0 atom stereocenters. The number of hydrogen-bond donors (Lipinski definition) is 1. The zero-order chi connectivity index (χ0) is 21.3. The summed E-state index contributed by atoms with van der Waals surface area (Å²) >= 11 is 12.1. The van der Waals surface area contributed by atoms with Crippen molar-refractivity contribution in [3.8, 4) is 11.3 Å². The van der Waals surface area contributed by atoms with E-state index in [0.29, 0.717) is 5.76 Å². The molecule has 1 fully saturated rings. The quantitative estimate of drug-likeness (QED) is 0.516. The molecule has 1 aromatic heterocycles. The molecule has 2 aromatic carbocycles. The molecule has 30 heavy (non-hydrogen) atoms. The predicted octanol–water partition coefficient (Wildman–Crippen LogP) is 4.45. The van der Waals surface area contributed by atoms with Crippen LogP contribution >= 0.6 is 23.2 Å². The zero-order valence-corrected chi connectivity index (χ0v) is 17.8. The SMILES string of the molecule is O=C(OCc1ncc(-c2ccccc2)o1)c1cc(S(=O)(=O)NC2CC2)c(Cl)cc1Cl. The minimum absolute atomic E-state index is 0.0206. The van der Waals surface area contributed by atoms with Crippen LogP contribution in [0, 0.1) is 0 Å². The van der Waals surface area contributed by atoms with Crippen LogP contribution in [-0.2, 0) is 21.4 Å². The van der Waals surface area contributed by atoms with Crippen LogP contribution in [0.4, 0.5) is 0 Å². The standard InChI is InChI=1S/C20H16Cl2N2O5S/c21-15-9-16(22)18(30(26,27)24-13-6-7-13)8-14(15)20(25)28-11-19-23-10-17(29-19)12-4-2-1-3-5-12/h1-5,8-10,13,24H,6-7,11H2. The molecule has 1 N–H and O–H groups in total. The topological polar surface area (TPSA) is 98.5 Å². The number of carbonyl (C=O) groups is 1. The Morgan fingerprint density at radius 1 is 1.17 bits per heavy atom. The number of halogens is 2. The van der Waals surface area contributed by atoms with E-state index in [-0.39, 0.29) is 39.0 Å². The summed E-state index contributed by atoms with van der Waals surface area (Å²) in [5, 5.41) is -0.0994. The summed E-state index contributed by atoms with van der Waals surface area (Å²) in [6.45, 7) is -0.243. The Morgan fingerprint density at radius 2 is 1.90 bits per heavy atom. The third kappa shape index (κ3) is 4.67. The number of carbonyl (C=O) groups excluding carboxylic acids is 1. The van der Waals surface area contributed by atoms with Crippen molar-refractivity contribution >= 4 is 39.2 Å². The van der Waals surface area contributed by atoms with Gasteiger partial charge in [0.05, 0.1) is 21.8 Å². The number of hydrogen-bond acceptors (Lipinski definition) is 6. The minimum atomic E-state index is -3.87. The van der Waals surface area contributed by atoms with E-state index in [4.69, 9.17) is 32.4 Å². The summed E-state index contributed by atoms with van der Waals surface area (Å²) in [5.74, 6) is -0.0970. The van der Waals surface area contributed by atoms with E-state index in [9.17, 15) is 13.2 Å². The predicted molar refractivity (Wildman–Crippen MR) is 111 cm³/mol. The Hall–Kier alpha value is -2.39. The lowest BCUT2D eigenvalue weighted by Gasteiger charge is -2.11. The highest BCUT2D eigenvalue weighted by atomic mass is 35.5. The van der Waals surface area contributed by atoms with E-state index in [0.717, 1.165) is 24.5 Å². The number of nitrogens with one attached hydrogen (secondary N) is 1. The molecule has 0 amide bonds. The normalized spacial score (nSPS) is 13.9. The second-order valence-electron chi connectivity index (χ2n) is 6.72. The Morgan fingerprint density at radius 3 is 2.60 bits per heavy atom. The number of benzene rings is 2. The van der Waals surface area contributed by atoms with Gasteiger partial charge >= 0.3 is 5.97 Å². The average Bonchev–Trinajstić information content (AvgIpc) is 3.38. The molecule has 1 saturated carbocycles. The van der Waals surface area contributed by atoms with Crippen LogP contribution in [0.5, 0.6) is 0 Å². The third-order valence-electron chi connectivity index (χ3n) is 4.37. The molecule has 0 spiro atoms. The lowest BCUT2D eigenvalue weighted by molar-refractivity contribution is 0.0439. The summed E-state index contributed by atoms with van der Waals surface area (Å²) in [6, 6.07) is 11.5. The molecule has 0 radical (unpaired) electrons. The summed E-state index contributed by atoms with van der Waals surface area (Å²) in [4.78, 5) is 16.4. The van der Waals surface area contributed by atoms with Crippen LogP contribution in [0.25, 0.3) is 11.3 Å². The van der Waals surface area contributed by atoms with Gasteiger partial charge in [-0.15, -0.1) is 0 Å². The van der Waals surface area contributed by atoms with Gasteiger partial charge in [0.2, 0.25) is 15.9 Å². The first-order chi connectivity index (χ1) is 14.3. The summed E-state index contributed by atoms with van der Waals surface area (Å²) in [7, 11) is -3.87. The third-order valence-corrected chi connectivity index (χ3v) is 6.67. The van der Waals surface area contributed by atoms with Crippen molar-refractivity contribution in [3.63, 3.8) is 0 Å². The fourth-order valence-corrected chi connectivity index (χ4v) is 4.85. The summed E-state index contributed by atoms with van der Waals surface area (Å²) in [5.41, 5.74) is 0.716. The first kappa shape index (κ1) is 20.9. The van der Waals surface area contributed by atoms with Gasteiger partial charge in [-0.05, 0) is 25.0 Å². The van der Waals surface area contributed by atoms with E-state index in [1.807, 2.05) is 30.3 Å². The van der Waals surface area contributed by atoms with Gasteiger partial charge in [-0.25, -0.2) is 22.9 Å². The molecule has 4 rings (SSSR count).